The summed E-state index contributed by atoms with van der Waals surface area (Å²) < 4.78 is 0. The molecule has 3 N–H and O–H groups in total. The van der Waals surface area contributed by atoms with Crippen molar-refractivity contribution in [1.82, 2.24) is 5.48 Å². The molecule has 3 heteroatoms. The molecule has 0 rings (SSSR count). The zero-order valence-corrected chi connectivity index (χ0v) is 6.89. The molecule has 0 aromatic carbocycles. The first-order valence-electron chi connectivity index (χ1n) is 3.82. The third-order valence-electron chi connectivity index (χ3n) is 1.00. The first-order valence-corrected chi connectivity index (χ1v) is 3.82. The summed E-state index contributed by atoms with van der Waals surface area (Å²) in [6, 6.07) is 0. The minimum atomic E-state index is 0.588. The molecule has 0 fully saturated rings. The number of rotatable bonds is 6. The van der Waals surface area contributed by atoms with Crippen LogP contribution in [0.15, 0.2) is 0 Å². The number of hydrogen-bond donors (Lipinski definition) is 2. The van der Waals surface area contributed by atoms with Gasteiger partial charge in [0.2, 0.25) is 0 Å². The highest BCUT2D eigenvalue weighted by atomic mass is 16.6. The van der Waals surface area contributed by atoms with Crippen LogP contribution in [-0.4, -0.2) is 19.7 Å². The van der Waals surface area contributed by atoms with Gasteiger partial charge in [0, 0.05) is 6.54 Å². The molecule has 0 heterocycles. The largest absolute Gasteiger partial charge is 0.330 e. The van der Waals surface area contributed by atoms with Gasteiger partial charge in [0.15, 0.2) is 0 Å². The van der Waals surface area contributed by atoms with E-state index in [1.807, 2.05) is 0 Å². The summed E-state index contributed by atoms with van der Waals surface area (Å²) in [5, 5.41) is 0. The third kappa shape index (κ3) is 7.88. The molecule has 0 amide bonds. The lowest BCUT2D eigenvalue weighted by Gasteiger charge is -2.06. The van der Waals surface area contributed by atoms with Gasteiger partial charge < -0.3 is 10.6 Å². The summed E-state index contributed by atoms with van der Waals surface area (Å²) >= 11 is 0. The molecule has 0 spiro atoms. The second-order valence-electron chi connectivity index (χ2n) is 2.74. The van der Waals surface area contributed by atoms with Crippen molar-refractivity contribution < 1.29 is 4.84 Å². The number of nitrogens with one attached hydrogen (secondary N) is 1. The molecule has 62 valence electrons. The predicted octanol–water partition coefficient (Wildman–Crippen LogP) is 0.512. The zero-order valence-electron chi connectivity index (χ0n) is 6.89. The quantitative estimate of drug-likeness (QED) is 0.424. The van der Waals surface area contributed by atoms with E-state index < -0.39 is 0 Å². The van der Waals surface area contributed by atoms with Crippen molar-refractivity contribution in [3.63, 3.8) is 0 Å². The Morgan fingerprint density at radius 2 is 2.20 bits per heavy atom. The van der Waals surface area contributed by atoms with Gasteiger partial charge in [-0.25, -0.2) is 5.48 Å². The lowest BCUT2D eigenvalue weighted by Crippen LogP contribution is -2.20. The van der Waals surface area contributed by atoms with Crippen LogP contribution in [0.2, 0.25) is 0 Å². The van der Waals surface area contributed by atoms with Crippen LogP contribution in [0.1, 0.15) is 20.3 Å². The van der Waals surface area contributed by atoms with E-state index in [0.29, 0.717) is 5.92 Å². The van der Waals surface area contributed by atoms with Gasteiger partial charge in [0.1, 0.15) is 0 Å². The monoisotopic (exact) mass is 146 g/mol. The fraction of sp³-hybridized carbons (Fsp3) is 1.00. The normalized spacial score (nSPS) is 10.8. The maximum Gasteiger partial charge on any atom is 0.0705 e. The van der Waals surface area contributed by atoms with E-state index >= 15 is 0 Å². The van der Waals surface area contributed by atoms with Crippen LogP contribution in [0, 0.1) is 5.92 Å². The van der Waals surface area contributed by atoms with Gasteiger partial charge in [0.25, 0.3) is 0 Å². The molecule has 3 nitrogen and oxygen atoms in total. The van der Waals surface area contributed by atoms with E-state index in [9.17, 15) is 0 Å². The fourth-order valence-corrected chi connectivity index (χ4v) is 0.472. The van der Waals surface area contributed by atoms with Crippen molar-refractivity contribution in [3.8, 4) is 0 Å². The summed E-state index contributed by atoms with van der Waals surface area (Å²) in [5.41, 5.74) is 8.11. The molecule has 0 aromatic rings. The Morgan fingerprint density at radius 1 is 1.50 bits per heavy atom. The summed E-state index contributed by atoms with van der Waals surface area (Å²) in [6.45, 7) is 6.57. The Balaban J connectivity index is 2.77. The van der Waals surface area contributed by atoms with Crippen molar-refractivity contribution in [2.45, 2.75) is 20.3 Å². The lowest BCUT2D eigenvalue weighted by molar-refractivity contribution is 0.0238. The van der Waals surface area contributed by atoms with Crippen LogP contribution in [0.4, 0.5) is 0 Å². The van der Waals surface area contributed by atoms with Crippen LogP contribution >= 0.6 is 0 Å². The van der Waals surface area contributed by atoms with Gasteiger partial charge in [-0.1, -0.05) is 13.8 Å². The minimum Gasteiger partial charge on any atom is -0.330 e. The Bertz CT molecular complexity index is 66.6. The van der Waals surface area contributed by atoms with Crippen LogP contribution in [0.5, 0.6) is 0 Å². The highest BCUT2D eigenvalue weighted by molar-refractivity contribution is 4.40. The number of hydrogen-bond acceptors (Lipinski definition) is 3. The number of nitrogens with two attached hydrogens (primary N) is 1. The van der Waals surface area contributed by atoms with E-state index in [2.05, 4.69) is 19.3 Å². The second kappa shape index (κ2) is 6.99. The Hall–Kier alpha value is -0.120. The van der Waals surface area contributed by atoms with Crippen molar-refractivity contribution in [1.29, 1.82) is 0 Å². The molecule has 0 aliphatic carbocycles. The van der Waals surface area contributed by atoms with Crippen molar-refractivity contribution in [2.75, 3.05) is 19.7 Å². The van der Waals surface area contributed by atoms with Crippen LogP contribution in [0.25, 0.3) is 0 Å². The predicted molar refractivity (Wildman–Crippen MR) is 42.5 cm³/mol. The molecule has 0 saturated carbocycles. The minimum absolute atomic E-state index is 0.588. The SMILES string of the molecule is CC(C)CONCCCN. The van der Waals surface area contributed by atoms with E-state index in [1.54, 1.807) is 0 Å². The molecule has 10 heavy (non-hydrogen) atoms. The molecular weight excluding hydrogens is 128 g/mol. The smallest absolute Gasteiger partial charge is 0.0705 e. The molecule has 0 aromatic heterocycles. The van der Waals surface area contributed by atoms with Gasteiger partial charge in [-0.2, -0.15) is 0 Å². The van der Waals surface area contributed by atoms with E-state index in [0.717, 1.165) is 26.1 Å². The van der Waals surface area contributed by atoms with Gasteiger partial charge in [-0.3, -0.25) is 0 Å². The van der Waals surface area contributed by atoms with Gasteiger partial charge in [0.05, 0.1) is 6.61 Å². The molecule has 0 atom stereocenters. The highest BCUT2D eigenvalue weighted by Crippen LogP contribution is 1.89. The fourth-order valence-electron chi connectivity index (χ4n) is 0.472. The molecule has 0 aliphatic heterocycles. The topological polar surface area (TPSA) is 47.3 Å². The van der Waals surface area contributed by atoms with Gasteiger partial charge >= 0.3 is 0 Å². The summed E-state index contributed by atoms with van der Waals surface area (Å²) in [7, 11) is 0. The molecular formula is C7H18N2O. The number of hydroxylamine groups is 1. The first kappa shape index (κ1) is 9.88. The Labute approximate surface area is 62.9 Å². The summed E-state index contributed by atoms with van der Waals surface area (Å²) in [5.74, 6) is 0.588. The molecule has 0 saturated heterocycles. The van der Waals surface area contributed by atoms with Crippen LogP contribution < -0.4 is 11.2 Å². The van der Waals surface area contributed by atoms with Crippen molar-refractivity contribution in [3.05, 3.63) is 0 Å². The molecule has 0 radical (unpaired) electrons. The highest BCUT2D eigenvalue weighted by Gasteiger charge is 1.91. The molecule has 0 unspecified atom stereocenters. The molecule has 0 aliphatic rings. The maximum absolute atomic E-state index is 5.27. The standard InChI is InChI=1S/C7H18N2O/c1-7(2)6-10-9-5-3-4-8/h7,9H,3-6,8H2,1-2H3. The Kier molecular flexibility index (Phi) is 6.91. The average molecular weight is 146 g/mol. The van der Waals surface area contributed by atoms with Gasteiger partial charge in [-0.05, 0) is 18.9 Å². The van der Waals surface area contributed by atoms with Crippen molar-refractivity contribution in [2.24, 2.45) is 11.7 Å². The van der Waals surface area contributed by atoms with E-state index in [4.69, 9.17) is 10.6 Å². The van der Waals surface area contributed by atoms with Gasteiger partial charge in [-0.15, -0.1) is 0 Å². The zero-order chi connectivity index (χ0) is 7.82. The van der Waals surface area contributed by atoms with Crippen LogP contribution in [-0.2, 0) is 4.84 Å². The summed E-state index contributed by atoms with van der Waals surface area (Å²) in [6.07, 6.45) is 0.970. The van der Waals surface area contributed by atoms with Crippen LogP contribution in [0.3, 0.4) is 0 Å². The molecule has 0 bridgehead atoms. The Morgan fingerprint density at radius 3 is 2.70 bits per heavy atom. The maximum atomic E-state index is 5.27. The third-order valence-corrected chi connectivity index (χ3v) is 1.00. The van der Waals surface area contributed by atoms with Crippen molar-refractivity contribution >= 4 is 0 Å². The average Bonchev–Trinajstić information content (AvgIpc) is 1.87. The van der Waals surface area contributed by atoms with E-state index in [1.165, 1.54) is 0 Å². The van der Waals surface area contributed by atoms with E-state index in [-0.39, 0.29) is 0 Å². The first-order chi connectivity index (χ1) is 4.77. The second-order valence-corrected chi connectivity index (χ2v) is 2.74. The summed E-state index contributed by atoms with van der Waals surface area (Å²) in [4.78, 5) is 5.09. The lowest BCUT2D eigenvalue weighted by atomic mass is 10.2.